The summed E-state index contributed by atoms with van der Waals surface area (Å²) >= 11 is 0. The molecule has 1 aromatic carbocycles. The molecule has 0 radical (unpaired) electrons. The van der Waals surface area contributed by atoms with Crippen LogP contribution in [0.4, 0.5) is 5.69 Å². The van der Waals surface area contributed by atoms with Gasteiger partial charge in [-0.05, 0) is 63.3 Å². The molecule has 3 aliphatic heterocycles. The van der Waals surface area contributed by atoms with E-state index >= 15 is 0 Å². The first-order chi connectivity index (χ1) is 18.3. The number of likely N-dealkylation sites (tertiary alicyclic amines) is 1. The maximum atomic E-state index is 14.3. The summed E-state index contributed by atoms with van der Waals surface area (Å²) in [4.78, 5) is 44.4. The van der Waals surface area contributed by atoms with Crippen molar-refractivity contribution in [3.63, 3.8) is 0 Å². The average molecular weight is 527 g/mol. The lowest BCUT2D eigenvalue weighted by atomic mass is 9.70. The average Bonchev–Trinajstić information content (AvgIpc) is 3.58. The van der Waals surface area contributed by atoms with Crippen molar-refractivity contribution in [2.24, 2.45) is 11.8 Å². The van der Waals surface area contributed by atoms with Crippen LogP contribution in [0.2, 0.25) is 0 Å². The fraction of sp³-hybridized carbons (Fsp3) is 0.552. The Morgan fingerprint density at radius 1 is 1.26 bits per heavy atom. The van der Waals surface area contributed by atoms with Gasteiger partial charge >= 0.3 is 5.97 Å². The number of amides is 2. The second kappa shape index (κ2) is 11.7. The highest BCUT2D eigenvalue weighted by Gasteiger charge is 2.75. The molecular weight excluding hydrogens is 488 g/mol. The van der Waals surface area contributed by atoms with E-state index in [9.17, 15) is 19.5 Å². The van der Waals surface area contributed by atoms with Crippen molar-refractivity contribution in [3.8, 4) is 5.75 Å². The van der Waals surface area contributed by atoms with Crippen LogP contribution in [0, 0.1) is 11.8 Å². The first kappa shape index (κ1) is 27.9. The Morgan fingerprint density at radius 2 is 2.00 bits per heavy atom. The van der Waals surface area contributed by atoms with Gasteiger partial charge < -0.3 is 29.1 Å². The molecule has 0 aliphatic carbocycles. The number of hydrogen-bond acceptors (Lipinski definition) is 7. The SMILES string of the molecule is C=CCCCCOC(=O)[C@@H]1[C@H]2C(=O)N([C@H](C)CO)C(C(=O)N(CC=C)c3ccc(OC)cc3)C23CC[C@H]1O3. The Bertz CT molecular complexity index is 1060. The number of anilines is 1. The number of rotatable bonds is 13. The van der Waals surface area contributed by atoms with E-state index < -0.39 is 41.6 Å². The van der Waals surface area contributed by atoms with E-state index in [-0.39, 0.29) is 31.6 Å². The van der Waals surface area contributed by atoms with Crippen molar-refractivity contribution in [3.05, 3.63) is 49.6 Å². The Balaban J connectivity index is 1.66. The number of aliphatic hydroxyl groups is 1. The molecule has 9 nitrogen and oxygen atoms in total. The number of carbonyl (C=O) groups is 3. The fourth-order valence-corrected chi connectivity index (χ4v) is 6.22. The summed E-state index contributed by atoms with van der Waals surface area (Å²) < 4.78 is 17.3. The highest BCUT2D eigenvalue weighted by molar-refractivity contribution is 6.04. The number of aliphatic hydroxyl groups excluding tert-OH is 1. The molecule has 1 aromatic rings. The molecule has 1 N–H and O–H groups in total. The third kappa shape index (κ3) is 4.73. The molecule has 2 unspecified atom stereocenters. The van der Waals surface area contributed by atoms with Crippen LogP contribution < -0.4 is 9.64 Å². The quantitative estimate of drug-likeness (QED) is 0.239. The number of nitrogens with zero attached hydrogens (tertiary/aromatic N) is 2. The zero-order chi connectivity index (χ0) is 27.4. The predicted octanol–water partition coefficient (Wildman–Crippen LogP) is 2.87. The Kier molecular flexibility index (Phi) is 8.57. The highest BCUT2D eigenvalue weighted by atomic mass is 16.6. The molecule has 2 amide bonds. The summed E-state index contributed by atoms with van der Waals surface area (Å²) in [6, 6.07) is 5.41. The highest BCUT2D eigenvalue weighted by Crippen LogP contribution is 2.59. The summed E-state index contributed by atoms with van der Waals surface area (Å²) in [6.45, 7) is 9.34. The van der Waals surface area contributed by atoms with Crippen molar-refractivity contribution in [2.75, 3.05) is 31.8 Å². The number of allylic oxidation sites excluding steroid dienone is 1. The number of fused-ring (bicyclic) bond motifs is 1. The number of benzene rings is 1. The Labute approximate surface area is 224 Å². The van der Waals surface area contributed by atoms with Crippen LogP contribution in [-0.2, 0) is 23.9 Å². The van der Waals surface area contributed by atoms with E-state index in [1.807, 2.05) is 6.08 Å². The number of unbranched alkanes of at least 4 members (excludes halogenated alkanes) is 2. The monoisotopic (exact) mass is 526 g/mol. The zero-order valence-electron chi connectivity index (χ0n) is 22.2. The third-order valence-electron chi connectivity index (χ3n) is 7.99. The van der Waals surface area contributed by atoms with Crippen LogP contribution in [0.15, 0.2) is 49.6 Å². The summed E-state index contributed by atoms with van der Waals surface area (Å²) in [5, 5.41) is 10.0. The minimum Gasteiger partial charge on any atom is -0.497 e. The third-order valence-corrected chi connectivity index (χ3v) is 7.99. The fourth-order valence-electron chi connectivity index (χ4n) is 6.22. The smallest absolute Gasteiger partial charge is 0.312 e. The van der Waals surface area contributed by atoms with Gasteiger partial charge in [-0.1, -0.05) is 12.2 Å². The van der Waals surface area contributed by atoms with Crippen LogP contribution in [-0.4, -0.2) is 78.4 Å². The van der Waals surface area contributed by atoms with Crippen LogP contribution in [0.3, 0.4) is 0 Å². The van der Waals surface area contributed by atoms with Crippen molar-refractivity contribution < 1.29 is 33.7 Å². The Hall–Kier alpha value is -3.17. The lowest BCUT2D eigenvalue weighted by Gasteiger charge is -2.38. The molecule has 9 heteroatoms. The van der Waals surface area contributed by atoms with Crippen LogP contribution >= 0.6 is 0 Å². The minimum absolute atomic E-state index is 0.206. The van der Waals surface area contributed by atoms with Gasteiger partial charge in [0.15, 0.2) is 0 Å². The first-order valence-electron chi connectivity index (χ1n) is 13.3. The molecule has 3 fully saturated rings. The van der Waals surface area contributed by atoms with E-state index in [4.69, 9.17) is 14.2 Å². The second-order valence-electron chi connectivity index (χ2n) is 10.2. The molecule has 4 rings (SSSR count). The van der Waals surface area contributed by atoms with Gasteiger partial charge in [-0.2, -0.15) is 0 Å². The van der Waals surface area contributed by atoms with Crippen LogP contribution in [0.1, 0.15) is 39.0 Å². The number of ether oxygens (including phenoxy) is 3. The molecule has 3 saturated heterocycles. The number of methoxy groups -OCH3 is 1. The standard InChI is InChI=1S/C29H38N2O7/c1-5-7-8-9-17-37-28(35)23-22-14-15-29(38-22)24(23)26(33)31(19(3)18-32)25(29)27(34)30(16-6-2)20-10-12-21(36-4)13-11-20/h5-6,10-13,19,22-25,32H,1-2,7-9,14-18H2,3-4H3/t19-,22-,23+,24+,25?,29?/m1/s1. The molecule has 206 valence electrons. The van der Waals surface area contributed by atoms with Gasteiger partial charge in [-0.15, -0.1) is 13.2 Å². The molecule has 1 spiro atoms. The van der Waals surface area contributed by atoms with Gasteiger partial charge in [-0.25, -0.2) is 0 Å². The molecule has 0 aromatic heterocycles. The molecule has 38 heavy (non-hydrogen) atoms. The summed E-state index contributed by atoms with van der Waals surface area (Å²) in [6.07, 6.45) is 6.37. The molecule has 2 bridgehead atoms. The Morgan fingerprint density at radius 3 is 2.63 bits per heavy atom. The molecule has 0 saturated carbocycles. The number of carbonyl (C=O) groups excluding carboxylic acids is 3. The summed E-state index contributed by atoms with van der Waals surface area (Å²) in [7, 11) is 1.57. The maximum absolute atomic E-state index is 14.3. The van der Waals surface area contributed by atoms with Crippen molar-refractivity contribution in [2.45, 2.75) is 62.8 Å². The minimum atomic E-state index is -1.17. The molecular formula is C29H38N2O7. The second-order valence-corrected chi connectivity index (χ2v) is 10.2. The molecule has 6 atom stereocenters. The van der Waals surface area contributed by atoms with E-state index in [1.54, 1.807) is 49.3 Å². The van der Waals surface area contributed by atoms with E-state index in [0.717, 1.165) is 12.8 Å². The normalized spacial score (nSPS) is 28.1. The van der Waals surface area contributed by atoms with Crippen molar-refractivity contribution >= 4 is 23.5 Å². The summed E-state index contributed by atoms with van der Waals surface area (Å²) in [5.41, 5.74) is -0.552. The zero-order valence-corrected chi connectivity index (χ0v) is 22.2. The first-order valence-corrected chi connectivity index (χ1v) is 13.3. The van der Waals surface area contributed by atoms with E-state index in [1.165, 1.54) is 4.90 Å². The predicted molar refractivity (Wildman–Crippen MR) is 142 cm³/mol. The summed E-state index contributed by atoms with van der Waals surface area (Å²) in [5.74, 6) is -2.13. The van der Waals surface area contributed by atoms with Crippen molar-refractivity contribution in [1.82, 2.24) is 4.90 Å². The van der Waals surface area contributed by atoms with Crippen LogP contribution in [0.25, 0.3) is 0 Å². The van der Waals surface area contributed by atoms with Gasteiger partial charge in [0.2, 0.25) is 5.91 Å². The van der Waals surface area contributed by atoms with E-state index in [2.05, 4.69) is 13.2 Å². The van der Waals surface area contributed by atoms with Gasteiger partial charge in [-0.3, -0.25) is 14.4 Å². The van der Waals surface area contributed by atoms with E-state index in [0.29, 0.717) is 30.7 Å². The lowest BCUT2D eigenvalue weighted by Crippen LogP contribution is -2.58. The lowest BCUT2D eigenvalue weighted by molar-refractivity contribution is -0.155. The van der Waals surface area contributed by atoms with Crippen LogP contribution in [0.5, 0.6) is 5.75 Å². The van der Waals surface area contributed by atoms with Gasteiger partial charge in [0.1, 0.15) is 17.4 Å². The molecule has 3 aliphatic rings. The van der Waals surface area contributed by atoms with Gasteiger partial charge in [0, 0.05) is 12.2 Å². The molecule has 3 heterocycles. The van der Waals surface area contributed by atoms with Crippen molar-refractivity contribution in [1.29, 1.82) is 0 Å². The number of hydrogen-bond donors (Lipinski definition) is 1. The topological polar surface area (TPSA) is 106 Å². The van der Waals surface area contributed by atoms with Gasteiger partial charge in [0.05, 0.1) is 44.3 Å². The number of esters is 1. The largest absolute Gasteiger partial charge is 0.497 e. The maximum Gasteiger partial charge on any atom is 0.312 e. The van der Waals surface area contributed by atoms with Gasteiger partial charge in [0.25, 0.3) is 5.91 Å².